The van der Waals surface area contributed by atoms with Crippen molar-refractivity contribution in [1.29, 1.82) is 0 Å². The smallest absolute Gasteiger partial charge is 0.321 e. The first-order valence-corrected chi connectivity index (χ1v) is 9.21. The Morgan fingerprint density at radius 1 is 1.19 bits per heavy atom. The predicted molar refractivity (Wildman–Crippen MR) is 106 cm³/mol. The Labute approximate surface area is 160 Å². The fraction of sp³-hybridized carbons (Fsp3) is 0.381. The minimum Gasteiger partial charge on any atom is -0.457 e. The molecule has 2 aromatic rings. The van der Waals surface area contributed by atoms with E-state index in [9.17, 15) is 4.79 Å². The van der Waals surface area contributed by atoms with E-state index in [4.69, 9.17) is 9.47 Å². The molecule has 0 unspecified atom stereocenters. The van der Waals surface area contributed by atoms with Gasteiger partial charge in [-0.05, 0) is 38.4 Å². The van der Waals surface area contributed by atoms with Gasteiger partial charge in [0.15, 0.2) is 0 Å². The summed E-state index contributed by atoms with van der Waals surface area (Å²) >= 11 is 0. The van der Waals surface area contributed by atoms with E-state index < -0.39 is 0 Å². The van der Waals surface area contributed by atoms with E-state index in [0.717, 1.165) is 12.3 Å². The summed E-state index contributed by atoms with van der Waals surface area (Å²) in [5.74, 6) is 1.75. The van der Waals surface area contributed by atoms with Crippen LogP contribution in [0.1, 0.15) is 0 Å². The average molecular weight is 369 g/mol. The molecule has 3 rings (SSSR count). The van der Waals surface area contributed by atoms with Crippen molar-refractivity contribution in [2.45, 2.75) is 0 Å². The standard InChI is InChI=1S/C21H27N3O3/c1-23(2)14-17-15-24(11-12-26-16-17)21(25)22-18-7-6-10-20(13-18)27-19-8-4-3-5-9-19/h3-10,13,17H,11-12,14-16H2,1-2H3,(H,22,25)/t17-/m1/s1. The minimum absolute atomic E-state index is 0.110. The maximum Gasteiger partial charge on any atom is 0.321 e. The molecule has 144 valence electrons. The summed E-state index contributed by atoms with van der Waals surface area (Å²) in [6, 6.07) is 16.9. The van der Waals surface area contributed by atoms with E-state index in [1.807, 2.05) is 73.6 Å². The Morgan fingerprint density at radius 2 is 1.96 bits per heavy atom. The second-order valence-electron chi connectivity index (χ2n) is 7.02. The molecular weight excluding hydrogens is 342 g/mol. The third-order valence-electron chi connectivity index (χ3n) is 4.31. The zero-order valence-electron chi connectivity index (χ0n) is 15.9. The highest BCUT2D eigenvalue weighted by atomic mass is 16.5. The van der Waals surface area contributed by atoms with Gasteiger partial charge in [-0.3, -0.25) is 0 Å². The van der Waals surface area contributed by atoms with E-state index in [2.05, 4.69) is 10.2 Å². The van der Waals surface area contributed by atoms with Crippen molar-refractivity contribution in [3.05, 3.63) is 54.6 Å². The summed E-state index contributed by atoms with van der Waals surface area (Å²) in [7, 11) is 4.07. The van der Waals surface area contributed by atoms with Gasteiger partial charge in [0.1, 0.15) is 11.5 Å². The summed E-state index contributed by atoms with van der Waals surface area (Å²) < 4.78 is 11.5. The van der Waals surface area contributed by atoms with Crippen LogP contribution in [0.15, 0.2) is 54.6 Å². The largest absolute Gasteiger partial charge is 0.457 e. The molecule has 1 heterocycles. The van der Waals surface area contributed by atoms with Crippen molar-refractivity contribution < 1.29 is 14.3 Å². The van der Waals surface area contributed by atoms with Crippen LogP contribution in [-0.4, -0.2) is 62.8 Å². The Hall–Kier alpha value is -2.57. The number of nitrogens with one attached hydrogen (secondary N) is 1. The first kappa shape index (κ1) is 19.2. The number of carbonyl (C=O) groups is 1. The van der Waals surface area contributed by atoms with Crippen molar-refractivity contribution in [2.24, 2.45) is 5.92 Å². The lowest BCUT2D eigenvalue weighted by molar-refractivity contribution is 0.112. The van der Waals surface area contributed by atoms with Crippen molar-refractivity contribution in [2.75, 3.05) is 52.3 Å². The SMILES string of the molecule is CN(C)C[C@H]1COCCN(C(=O)Nc2cccc(Oc3ccccc3)c2)C1. The molecule has 2 amide bonds. The van der Waals surface area contributed by atoms with Crippen molar-refractivity contribution in [1.82, 2.24) is 9.80 Å². The van der Waals surface area contributed by atoms with Crippen LogP contribution in [0.25, 0.3) is 0 Å². The first-order chi connectivity index (χ1) is 13.1. The van der Waals surface area contributed by atoms with Gasteiger partial charge in [0.05, 0.1) is 13.2 Å². The van der Waals surface area contributed by atoms with Gasteiger partial charge in [-0.1, -0.05) is 24.3 Å². The summed E-state index contributed by atoms with van der Waals surface area (Å²) in [6.07, 6.45) is 0. The third kappa shape index (κ3) is 5.98. The van der Waals surface area contributed by atoms with Crippen LogP contribution < -0.4 is 10.1 Å². The topological polar surface area (TPSA) is 54.0 Å². The highest BCUT2D eigenvalue weighted by molar-refractivity contribution is 5.89. The Morgan fingerprint density at radius 3 is 2.74 bits per heavy atom. The number of nitrogens with zero attached hydrogens (tertiary/aromatic N) is 2. The molecule has 1 N–H and O–H groups in total. The number of ether oxygens (including phenoxy) is 2. The number of carbonyl (C=O) groups excluding carboxylic acids is 1. The van der Waals surface area contributed by atoms with E-state index in [-0.39, 0.29) is 6.03 Å². The number of para-hydroxylation sites is 1. The van der Waals surface area contributed by atoms with E-state index in [1.165, 1.54) is 0 Å². The quantitative estimate of drug-likeness (QED) is 0.876. The lowest BCUT2D eigenvalue weighted by Gasteiger charge is -2.25. The molecule has 1 fully saturated rings. The molecule has 6 heteroatoms. The molecule has 2 aromatic carbocycles. The molecule has 1 aliphatic rings. The van der Waals surface area contributed by atoms with Crippen LogP contribution in [-0.2, 0) is 4.74 Å². The molecule has 1 atom stereocenters. The number of amides is 2. The maximum absolute atomic E-state index is 12.7. The predicted octanol–water partition coefficient (Wildman–Crippen LogP) is 3.52. The molecule has 0 bridgehead atoms. The highest BCUT2D eigenvalue weighted by Crippen LogP contribution is 2.24. The summed E-state index contributed by atoms with van der Waals surface area (Å²) in [5, 5.41) is 2.98. The monoisotopic (exact) mass is 369 g/mol. The summed E-state index contributed by atoms with van der Waals surface area (Å²) in [5.41, 5.74) is 0.711. The van der Waals surface area contributed by atoms with Gasteiger partial charge in [-0.15, -0.1) is 0 Å². The lowest BCUT2D eigenvalue weighted by Crippen LogP contribution is -2.41. The minimum atomic E-state index is -0.110. The van der Waals surface area contributed by atoms with Crippen LogP contribution in [0.3, 0.4) is 0 Å². The van der Waals surface area contributed by atoms with Gasteiger partial charge in [-0.25, -0.2) is 4.79 Å². The van der Waals surface area contributed by atoms with Gasteiger partial charge in [-0.2, -0.15) is 0 Å². The molecule has 0 aliphatic carbocycles. The van der Waals surface area contributed by atoms with Gasteiger partial charge in [0.25, 0.3) is 0 Å². The van der Waals surface area contributed by atoms with E-state index >= 15 is 0 Å². The number of hydrogen-bond acceptors (Lipinski definition) is 4. The van der Waals surface area contributed by atoms with Crippen LogP contribution in [0.2, 0.25) is 0 Å². The van der Waals surface area contributed by atoms with Gasteiger partial charge < -0.3 is 24.6 Å². The summed E-state index contributed by atoms with van der Waals surface area (Å²) in [6.45, 7) is 3.42. The Bertz CT molecular complexity index is 736. The number of hydrogen-bond donors (Lipinski definition) is 1. The van der Waals surface area contributed by atoms with Crippen molar-refractivity contribution in [3.8, 4) is 11.5 Å². The van der Waals surface area contributed by atoms with Crippen molar-refractivity contribution in [3.63, 3.8) is 0 Å². The Kier molecular flexibility index (Phi) is 6.68. The maximum atomic E-state index is 12.7. The molecule has 27 heavy (non-hydrogen) atoms. The highest BCUT2D eigenvalue weighted by Gasteiger charge is 2.23. The third-order valence-corrected chi connectivity index (χ3v) is 4.31. The Balaban J connectivity index is 1.62. The lowest BCUT2D eigenvalue weighted by atomic mass is 10.1. The second kappa shape index (κ2) is 9.39. The zero-order valence-corrected chi connectivity index (χ0v) is 15.9. The van der Waals surface area contributed by atoms with E-state index in [1.54, 1.807) is 0 Å². The van der Waals surface area contributed by atoms with Crippen molar-refractivity contribution >= 4 is 11.7 Å². The van der Waals surface area contributed by atoms with Crippen LogP contribution in [0, 0.1) is 5.92 Å². The molecule has 0 saturated carbocycles. The number of anilines is 1. The van der Waals surface area contributed by atoms with Gasteiger partial charge in [0.2, 0.25) is 0 Å². The number of rotatable bonds is 5. The second-order valence-corrected chi connectivity index (χ2v) is 7.02. The fourth-order valence-corrected chi connectivity index (χ4v) is 3.16. The summed E-state index contributed by atoms with van der Waals surface area (Å²) in [4.78, 5) is 16.7. The van der Waals surface area contributed by atoms with E-state index in [0.29, 0.717) is 43.7 Å². The molecule has 1 saturated heterocycles. The number of urea groups is 1. The normalized spacial score (nSPS) is 17.4. The van der Waals surface area contributed by atoms with Crippen LogP contribution >= 0.6 is 0 Å². The first-order valence-electron chi connectivity index (χ1n) is 9.21. The van der Waals surface area contributed by atoms with Gasteiger partial charge >= 0.3 is 6.03 Å². The molecule has 1 aliphatic heterocycles. The number of benzene rings is 2. The van der Waals surface area contributed by atoms with Crippen LogP contribution in [0.4, 0.5) is 10.5 Å². The van der Waals surface area contributed by atoms with Crippen LogP contribution in [0.5, 0.6) is 11.5 Å². The fourth-order valence-electron chi connectivity index (χ4n) is 3.16. The molecule has 0 spiro atoms. The molecule has 0 aromatic heterocycles. The average Bonchev–Trinajstić information content (AvgIpc) is 2.88. The molecular formula is C21H27N3O3. The van der Waals surface area contributed by atoms with Gasteiger partial charge in [0, 0.05) is 37.3 Å². The zero-order chi connectivity index (χ0) is 19.1. The molecule has 6 nitrogen and oxygen atoms in total. The molecule has 0 radical (unpaired) electrons.